The van der Waals surface area contributed by atoms with Crippen LogP contribution >= 0.6 is 0 Å². The van der Waals surface area contributed by atoms with Crippen LogP contribution in [-0.4, -0.2) is 45.6 Å². The summed E-state index contributed by atoms with van der Waals surface area (Å²) in [5.74, 6) is 1.58. The molecule has 11 rings (SSSR count). The Morgan fingerprint density at radius 3 is 1.65 bits per heavy atom. The van der Waals surface area contributed by atoms with E-state index in [0.29, 0.717) is 11.6 Å². The van der Waals surface area contributed by atoms with E-state index in [4.69, 9.17) is 9.97 Å². The molecule has 2 unspecified atom stereocenters. The zero-order valence-electron chi connectivity index (χ0n) is 27.8. The molecule has 6 aliphatic rings. The second kappa shape index (κ2) is 11.8. The zero-order chi connectivity index (χ0) is 32.6. The average molecular weight is 663 g/mol. The number of aromatic nitrogens is 4. The van der Waals surface area contributed by atoms with Crippen LogP contribution in [0.5, 0.6) is 0 Å². The highest BCUT2D eigenvalue weighted by Gasteiger charge is 2.39. The number of fused-ring (bicyclic) bond motifs is 5. The number of piperidine rings is 2. The van der Waals surface area contributed by atoms with Gasteiger partial charge >= 0.3 is 0 Å². The lowest BCUT2D eigenvalue weighted by Gasteiger charge is -2.47. The van der Waals surface area contributed by atoms with Crippen molar-refractivity contribution in [2.45, 2.75) is 94.4 Å². The molecule has 49 heavy (non-hydrogen) atoms. The maximum atomic E-state index is 16.3. The summed E-state index contributed by atoms with van der Waals surface area (Å²) >= 11 is 0. The standard InChI is InChI=1S/C39H44F2N8/c40-27-19-26(20-28(41)37(27)48-21-22-5-9-25(48)10-6-22)49-35(23-7-11-29-33(17-23)46-38(44-29)31-3-1-15-42-31)13-14-36(49)24-8-12-30-34(18-24)47-39(45-30)32-4-2-16-43-32/h7-8,11-12,17-20,22,25,31-32,35-36,42-43H,1-6,9-10,13-16,21H2,(H,44,46)(H,45,47)/t22?,25?,31?,32?,35-,36-/m1/s1. The first-order chi connectivity index (χ1) is 24.1. The Bertz CT molecular complexity index is 1890. The maximum Gasteiger partial charge on any atom is 0.151 e. The molecule has 1 saturated carbocycles. The van der Waals surface area contributed by atoms with Crippen molar-refractivity contribution in [3.63, 3.8) is 0 Å². The first-order valence-electron chi connectivity index (χ1n) is 18.6. The predicted molar refractivity (Wildman–Crippen MR) is 189 cm³/mol. The Kier molecular flexibility index (Phi) is 7.19. The van der Waals surface area contributed by atoms with E-state index in [0.717, 1.165) is 129 Å². The van der Waals surface area contributed by atoms with Crippen molar-refractivity contribution in [2.24, 2.45) is 5.92 Å². The van der Waals surface area contributed by atoms with E-state index in [-0.39, 0.29) is 35.9 Å². The predicted octanol–water partition coefficient (Wildman–Crippen LogP) is 8.03. The van der Waals surface area contributed by atoms with Gasteiger partial charge in [0.2, 0.25) is 0 Å². The summed E-state index contributed by atoms with van der Waals surface area (Å²) in [5, 5.41) is 7.09. The number of halogens is 2. The van der Waals surface area contributed by atoms with Gasteiger partial charge in [0.25, 0.3) is 0 Å². The number of benzene rings is 3. The Morgan fingerprint density at radius 1 is 0.633 bits per heavy atom. The van der Waals surface area contributed by atoms with Crippen molar-refractivity contribution in [1.29, 1.82) is 0 Å². The minimum atomic E-state index is -0.456. The second-order valence-corrected chi connectivity index (χ2v) is 15.2. The molecule has 3 aromatic carbocycles. The van der Waals surface area contributed by atoms with Crippen LogP contribution in [-0.2, 0) is 0 Å². The molecule has 1 aliphatic carbocycles. The fourth-order valence-corrected chi connectivity index (χ4v) is 9.82. The van der Waals surface area contributed by atoms with Gasteiger partial charge in [0.1, 0.15) is 17.3 Å². The van der Waals surface area contributed by atoms with E-state index >= 15 is 8.78 Å². The molecule has 5 aliphatic heterocycles. The summed E-state index contributed by atoms with van der Waals surface area (Å²) in [6.45, 7) is 2.77. The van der Waals surface area contributed by atoms with Gasteiger partial charge < -0.3 is 30.4 Å². The molecule has 6 fully saturated rings. The second-order valence-electron chi connectivity index (χ2n) is 15.2. The van der Waals surface area contributed by atoms with Crippen molar-refractivity contribution in [1.82, 2.24) is 30.6 Å². The van der Waals surface area contributed by atoms with Crippen molar-refractivity contribution in [3.05, 3.63) is 82.9 Å². The summed E-state index contributed by atoms with van der Waals surface area (Å²) in [5.41, 5.74) is 6.90. The normalized spacial score (nSPS) is 28.5. The molecule has 2 bridgehead atoms. The number of aromatic amines is 2. The summed E-state index contributed by atoms with van der Waals surface area (Å²) in [6.07, 6.45) is 10.6. The van der Waals surface area contributed by atoms with E-state index in [1.54, 1.807) is 12.1 Å². The third-order valence-electron chi connectivity index (χ3n) is 12.3. The van der Waals surface area contributed by atoms with E-state index in [2.05, 4.69) is 61.9 Å². The fourth-order valence-electron chi connectivity index (χ4n) is 9.82. The molecule has 8 nitrogen and oxygen atoms in total. The van der Waals surface area contributed by atoms with Crippen LogP contribution in [0.1, 0.15) is 111 Å². The smallest absolute Gasteiger partial charge is 0.151 e. The molecular weight excluding hydrogens is 618 g/mol. The molecule has 0 radical (unpaired) electrons. The van der Waals surface area contributed by atoms with Gasteiger partial charge in [0.05, 0.1) is 46.2 Å². The highest BCUT2D eigenvalue weighted by atomic mass is 19.1. The molecular formula is C39H44F2N8. The summed E-state index contributed by atoms with van der Waals surface area (Å²) in [7, 11) is 0. The lowest BCUT2D eigenvalue weighted by Crippen LogP contribution is -2.48. The van der Waals surface area contributed by atoms with Crippen LogP contribution in [0.15, 0.2) is 48.5 Å². The van der Waals surface area contributed by atoms with Crippen molar-refractivity contribution < 1.29 is 8.78 Å². The van der Waals surface area contributed by atoms with E-state index in [1.165, 1.54) is 0 Å². The molecule has 2 aromatic heterocycles. The maximum absolute atomic E-state index is 16.3. The largest absolute Gasteiger partial charge is 0.364 e. The number of H-pyrrole nitrogens is 2. The topological polar surface area (TPSA) is 87.9 Å². The first kappa shape index (κ1) is 29.9. The van der Waals surface area contributed by atoms with Gasteiger partial charge in [-0.05, 0) is 131 Å². The molecule has 0 spiro atoms. The molecule has 254 valence electrons. The van der Waals surface area contributed by atoms with Crippen LogP contribution < -0.4 is 20.4 Å². The monoisotopic (exact) mass is 662 g/mol. The van der Waals surface area contributed by atoms with Gasteiger partial charge in [-0.25, -0.2) is 18.7 Å². The number of nitrogens with zero attached hydrogens (tertiary/aromatic N) is 4. The van der Waals surface area contributed by atoms with Crippen LogP contribution in [0.2, 0.25) is 0 Å². The third kappa shape index (κ3) is 5.12. The average Bonchev–Trinajstić information content (AvgIpc) is 3.97. The van der Waals surface area contributed by atoms with Gasteiger partial charge in [0, 0.05) is 18.3 Å². The number of hydrogen-bond acceptors (Lipinski definition) is 6. The summed E-state index contributed by atoms with van der Waals surface area (Å²) in [4.78, 5) is 21.3. The van der Waals surface area contributed by atoms with Crippen LogP contribution in [0, 0.1) is 17.6 Å². The number of nitrogens with one attached hydrogen (secondary N) is 4. The Balaban J connectivity index is 1.04. The summed E-state index contributed by atoms with van der Waals surface area (Å²) < 4.78 is 32.6. The highest BCUT2D eigenvalue weighted by molar-refractivity contribution is 5.78. The van der Waals surface area contributed by atoms with Crippen LogP contribution in [0.3, 0.4) is 0 Å². The number of rotatable bonds is 6. The molecule has 5 saturated heterocycles. The lowest BCUT2D eigenvalue weighted by molar-refractivity contribution is 0.249. The van der Waals surface area contributed by atoms with E-state index < -0.39 is 11.6 Å². The lowest BCUT2D eigenvalue weighted by atomic mass is 9.79. The van der Waals surface area contributed by atoms with Gasteiger partial charge in [-0.1, -0.05) is 12.1 Å². The quantitative estimate of drug-likeness (QED) is 0.147. The van der Waals surface area contributed by atoms with Crippen LogP contribution in [0.4, 0.5) is 20.2 Å². The van der Waals surface area contributed by atoms with Gasteiger partial charge in [-0.3, -0.25) is 0 Å². The minimum absolute atomic E-state index is 0.0582. The third-order valence-corrected chi connectivity index (χ3v) is 12.3. The Hall–Kier alpha value is -4.02. The zero-order valence-corrected chi connectivity index (χ0v) is 27.8. The van der Waals surface area contributed by atoms with Crippen molar-refractivity contribution in [3.8, 4) is 0 Å². The minimum Gasteiger partial charge on any atom is -0.364 e. The SMILES string of the molecule is Fc1cc(N2[C@@H](c3ccc4nc(C5CCCN5)[nH]c4c3)CC[C@@H]2c2ccc3nc(C4CCCN4)[nH]c3c2)cc(F)c1N1CC2CCC1CC2. The molecule has 4 atom stereocenters. The molecule has 7 heterocycles. The molecule has 0 amide bonds. The fraction of sp³-hybridized carbons (Fsp3) is 0.487. The van der Waals surface area contributed by atoms with Crippen molar-refractivity contribution >= 4 is 33.4 Å². The van der Waals surface area contributed by atoms with Crippen LogP contribution in [0.25, 0.3) is 22.1 Å². The number of anilines is 2. The van der Waals surface area contributed by atoms with Gasteiger partial charge in [-0.15, -0.1) is 0 Å². The van der Waals surface area contributed by atoms with Gasteiger partial charge in [-0.2, -0.15) is 0 Å². The molecule has 10 heteroatoms. The Morgan fingerprint density at radius 2 is 1.18 bits per heavy atom. The first-order valence-corrected chi connectivity index (χ1v) is 18.6. The van der Waals surface area contributed by atoms with E-state index in [1.807, 2.05) is 4.90 Å². The van der Waals surface area contributed by atoms with Crippen molar-refractivity contribution in [2.75, 3.05) is 29.4 Å². The molecule has 5 aromatic rings. The summed E-state index contributed by atoms with van der Waals surface area (Å²) in [6, 6.07) is 16.7. The number of imidazole rings is 2. The number of hydrogen-bond donors (Lipinski definition) is 4. The van der Waals surface area contributed by atoms with Gasteiger partial charge in [0.15, 0.2) is 11.6 Å². The Labute approximate surface area is 285 Å². The molecule has 4 N–H and O–H groups in total. The highest BCUT2D eigenvalue weighted by Crippen LogP contribution is 2.49. The van der Waals surface area contributed by atoms with E-state index in [9.17, 15) is 0 Å².